The molecule has 6 heteroatoms. The molecule has 0 aliphatic heterocycles. The minimum Gasteiger partial charge on any atom is -0.449 e. The number of ether oxygens (including phenoxy) is 1. The number of hydrogen-bond acceptors (Lipinski definition) is 3. The molecule has 2 aromatic carbocycles. The molecule has 39 heavy (non-hydrogen) atoms. The topological polar surface area (TPSA) is 39.2 Å². The van der Waals surface area contributed by atoms with Gasteiger partial charge in [0, 0.05) is 17.3 Å². The van der Waals surface area contributed by atoms with Gasteiger partial charge in [0.1, 0.15) is 0 Å². The lowest BCUT2D eigenvalue weighted by molar-refractivity contribution is -0.206. The number of benzene rings is 2. The Labute approximate surface area is 230 Å². The van der Waals surface area contributed by atoms with E-state index in [4.69, 9.17) is 4.74 Å². The van der Waals surface area contributed by atoms with E-state index in [1.54, 1.807) is 18.3 Å². The fraction of sp³-hybridized carbons (Fsp3) is 0.455. The van der Waals surface area contributed by atoms with Crippen molar-refractivity contribution in [3.63, 3.8) is 0 Å². The molecule has 3 aromatic rings. The van der Waals surface area contributed by atoms with Crippen LogP contribution < -0.4 is 0 Å². The van der Waals surface area contributed by atoms with Crippen LogP contribution in [0.2, 0.25) is 0 Å². The molecule has 0 spiro atoms. The summed E-state index contributed by atoms with van der Waals surface area (Å²) in [4.78, 5) is 17.0. The molecule has 0 unspecified atom stereocenters. The normalized spacial score (nSPS) is 12.3. The van der Waals surface area contributed by atoms with E-state index < -0.39 is 18.2 Å². The zero-order valence-corrected chi connectivity index (χ0v) is 23.1. The molecule has 0 saturated carbocycles. The Kier molecular flexibility index (Phi) is 12.0. The summed E-state index contributed by atoms with van der Waals surface area (Å²) in [5.41, 5.74) is 5.01. The van der Waals surface area contributed by atoms with Crippen LogP contribution in [0.15, 0.2) is 66.9 Å². The van der Waals surface area contributed by atoms with E-state index in [1.165, 1.54) is 49.8 Å². The maximum atomic E-state index is 13.4. The van der Waals surface area contributed by atoms with Gasteiger partial charge < -0.3 is 4.74 Å². The molecular weight excluding hydrogens is 499 g/mol. The van der Waals surface area contributed by atoms with Gasteiger partial charge >= 0.3 is 12.1 Å². The van der Waals surface area contributed by atoms with E-state index in [2.05, 4.69) is 36.2 Å². The highest BCUT2D eigenvalue weighted by Crippen LogP contribution is 2.29. The van der Waals surface area contributed by atoms with Crippen LogP contribution in [-0.2, 0) is 11.2 Å². The second kappa shape index (κ2) is 15.4. The Morgan fingerprint density at radius 2 is 1.33 bits per heavy atom. The molecule has 210 valence electrons. The summed E-state index contributed by atoms with van der Waals surface area (Å²) in [7, 11) is 0. The minimum absolute atomic E-state index is 0.0941. The summed E-state index contributed by atoms with van der Waals surface area (Å²) in [6, 6.07) is 18.8. The number of rotatable bonds is 15. The smallest absolute Gasteiger partial charge is 0.425 e. The third-order valence-corrected chi connectivity index (χ3v) is 6.97. The van der Waals surface area contributed by atoms with Crippen molar-refractivity contribution >= 4 is 5.97 Å². The van der Waals surface area contributed by atoms with Crippen molar-refractivity contribution in [2.24, 2.45) is 0 Å². The Morgan fingerprint density at radius 1 is 0.744 bits per heavy atom. The number of aryl methyl sites for hydroxylation is 1. The van der Waals surface area contributed by atoms with Gasteiger partial charge in [0.05, 0.1) is 11.3 Å². The van der Waals surface area contributed by atoms with Crippen molar-refractivity contribution in [3.8, 4) is 22.4 Å². The zero-order valence-electron chi connectivity index (χ0n) is 23.1. The lowest BCUT2D eigenvalue weighted by Gasteiger charge is -2.20. The summed E-state index contributed by atoms with van der Waals surface area (Å²) < 4.78 is 45.0. The number of aromatic nitrogens is 1. The van der Waals surface area contributed by atoms with E-state index in [-0.39, 0.29) is 12.0 Å². The number of carbonyl (C=O) groups excluding carboxylic acids is 1. The third kappa shape index (κ3) is 9.83. The number of hydrogen-bond donors (Lipinski definition) is 0. The summed E-state index contributed by atoms with van der Waals surface area (Å²) in [5.74, 6) is -0.961. The van der Waals surface area contributed by atoms with Crippen LogP contribution in [0, 0.1) is 0 Å². The first-order chi connectivity index (χ1) is 18.8. The molecule has 3 nitrogen and oxygen atoms in total. The molecule has 0 aliphatic rings. The Bertz CT molecular complexity index is 1120. The van der Waals surface area contributed by atoms with Crippen LogP contribution in [0.25, 0.3) is 22.4 Å². The SMILES string of the molecule is CCCCCCCc1ccc(-c2ccc(-c3ccc(C(=O)O[C@H](CCCCCC)C(F)(F)F)cc3)cn2)cc1. The molecule has 0 radical (unpaired) electrons. The quantitative estimate of drug-likeness (QED) is 0.142. The van der Waals surface area contributed by atoms with E-state index >= 15 is 0 Å². The molecule has 0 bridgehead atoms. The first-order valence-corrected chi connectivity index (χ1v) is 14.2. The molecule has 3 rings (SSSR count). The zero-order chi connectivity index (χ0) is 28.1. The summed E-state index contributed by atoms with van der Waals surface area (Å²) in [6.45, 7) is 4.22. The second-order valence-electron chi connectivity index (χ2n) is 10.2. The second-order valence-corrected chi connectivity index (χ2v) is 10.2. The van der Waals surface area contributed by atoms with Gasteiger partial charge in [-0.05, 0) is 55.0 Å². The summed E-state index contributed by atoms with van der Waals surface area (Å²) in [5, 5.41) is 0. The molecule has 0 amide bonds. The van der Waals surface area contributed by atoms with Gasteiger partial charge in [0.25, 0.3) is 0 Å². The fourth-order valence-electron chi connectivity index (χ4n) is 4.55. The Hall–Kier alpha value is -3.15. The Morgan fingerprint density at radius 3 is 1.92 bits per heavy atom. The highest BCUT2D eigenvalue weighted by molar-refractivity contribution is 5.90. The van der Waals surface area contributed by atoms with Crippen molar-refractivity contribution < 1.29 is 22.7 Å². The van der Waals surface area contributed by atoms with E-state index in [9.17, 15) is 18.0 Å². The van der Waals surface area contributed by atoms with Crippen LogP contribution in [0.5, 0.6) is 0 Å². The van der Waals surface area contributed by atoms with Gasteiger partial charge in [0.15, 0.2) is 6.10 Å². The maximum absolute atomic E-state index is 13.4. The number of alkyl halides is 3. The summed E-state index contributed by atoms with van der Waals surface area (Å²) >= 11 is 0. The molecule has 0 N–H and O–H groups in total. The molecular formula is C33H40F3NO2. The largest absolute Gasteiger partial charge is 0.449 e. The van der Waals surface area contributed by atoms with Crippen molar-refractivity contribution in [1.82, 2.24) is 4.98 Å². The number of halogens is 3. The van der Waals surface area contributed by atoms with Gasteiger partial charge in [-0.25, -0.2) is 4.79 Å². The highest BCUT2D eigenvalue weighted by atomic mass is 19.4. The van der Waals surface area contributed by atoms with Crippen molar-refractivity contribution in [2.75, 3.05) is 0 Å². The number of unbranched alkanes of at least 4 members (excludes halogenated alkanes) is 7. The average Bonchev–Trinajstić information content (AvgIpc) is 2.94. The first-order valence-electron chi connectivity index (χ1n) is 14.2. The minimum atomic E-state index is -4.58. The van der Waals surface area contributed by atoms with Crippen LogP contribution in [0.1, 0.15) is 94.0 Å². The van der Waals surface area contributed by atoms with E-state index in [0.29, 0.717) is 12.8 Å². The lowest BCUT2D eigenvalue weighted by Crippen LogP contribution is -2.33. The molecule has 1 aromatic heterocycles. The van der Waals surface area contributed by atoms with Gasteiger partial charge in [-0.15, -0.1) is 0 Å². The van der Waals surface area contributed by atoms with Crippen LogP contribution >= 0.6 is 0 Å². The van der Waals surface area contributed by atoms with Gasteiger partial charge in [-0.3, -0.25) is 4.98 Å². The number of pyridine rings is 1. The molecule has 1 heterocycles. The van der Waals surface area contributed by atoms with Gasteiger partial charge in [0.2, 0.25) is 0 Å². The molecule has 0 aliphatic carbocycles. The van der Waals surface area contributed by atoms with Gasteiger partial charge in [-0.1, -0.05) is 101 Å². The van der Waals surface area contributed by atoms with Crippen LogP contribution in [-0.4, -0.2) is 23.2 Å². The van der Waals surface area contributed by atoms with E-state index in [1.807, 2.05) is 19.1 Å². The Balaban J connectivity index is 1.57. The third-order valence-electron chi connectivity index (χ3n) is 6.97. The number of esters is 1. The highest BCUT2D eigenvalue weighted by Gasteiger charge is 2.42. The monoisotopic (exact) mass is 539 g/mol. The standard InChI is InChI=1S/C33H40F3NO2/c1-3-5-7-9-10-12-25-14-16-27(17-15-25)30-23-22-29(24-37-30)26-18-20-28(21-19-26)32(38)39-31(33(34,35)36)13-11-8-6-4-2/h14-24,31H,3-13H2,1-2H3/t31-/m1/s1. The summed E-state index contributed by atoms with van der Waals surface area (Å²) in [6.07, 6.45) is 5.17. The number of nitrogens with zero attached hydrogens (tertiary/aromatic N) is 1. The van der Waals surface area contributed by atoms with Crippen molar-refractivity contribution in [2.45, 2.75) is 96.8 Å². The number of carbonyl (C=O) groups is 1. The molecule has 0 saturated heterocycles. The molecule has 0 fully saturated rings. The van der Waals surface area contributed by atoms with E-state index in [0.717, 1.165) is 41.6 Å². The first kappa shape index (κ1) is 30.4. The lowest BCUT2D eigenvalue weighted by atomic mass is 10.0. The predicted molar refractivity (Wildman–Crippen MR) is 152 cm³/mol. The van der Waals surface area contributed by atoms with Crippen LogP contribution in [0.4, 0.5) is 13.2 Å². The fourth-order valence-corrected chi connectivity index (χ4v) is 4.55. The predicted octanol–water partition coefficient (Wildman–Crippen LogP) is 9.99. The van der Waals surface area contributed by atoms with Gasteiger partial charge in [-0.2, -0.15) is 13.2 Å². The van der Waals surface area contributed by atoms with Crippen molar-refractivity contribution in [3.05, 3.63) is 78.0 Å². The average molecular weight is 540 g/mol. The van der Waals surface area contributed by atoms with Crippen LogP contribution in [0.3, 0.4) is 0 Å². The molecule has 1 atom stereocenters. The maximum Gasteiger partial charge on any atom is 0.425 e. The van der Waals surface area contributed by atoms with Crippen molar-refractivity contribution in [1.29, 1.82) is 0 Å².